The molecule has 0 radical (unpaired) electrons. The molecule has 0 saturated heterocycles. The molecule has 28 heavy (non-hydrogen) atoms. The molecule has 0 aromatic heterocycles. The largest absolute Gasteiger partial charge is 0.429 e. The Morgan fingerprint density at radius 3 is 2.29 bits per heavy atom. The third-order valence-electron chi connectivity index (χ3n) is 6.06. The van der Waals surface area contributed by atoms with Crippen molar-refractivity contribution in [3.63, 3.8) is 0 Å². The van der Waals surface area contributed by atoms with Crippen molar-refractivity contribution in [2.24, 2.45) is 11.3 Å². The Kier molecular flexibility index (Phi) is 6.76. The Bertz CT molecular complexity index is 618. The van der Waals surface area contributed by atoms with Gasteiger partial charge in [0.2, 0.25) is 0 Å². The van der Waals surface area contributed by atoms with Crippen LogP contribution >= 0.6 is 0 Å². The lowest BCUT2D eigenvalue weighted by Gasteiger charge is -2.42. The highest BCUT2D eigenvalue weighted by molar-refractivity contribution is 5.26. The summed E-state index contributed by atoms with van der Waals surface area (Å²) >= 11 is 0. The fourth-order valence-corrected chi connectivity index (χ4v) is 4.25. The van der Waals surface area contributed by atoms with E-state index in [9.17, 15) is 31.4 Å². The fraction of sp³-hybridized carbons (Fsp3) is 0.700. The molecule has 2 aliphatic carbocycles. The molecule has 2 N–H and O–H groups in total. The number of rotatable bonds is 6. The predicted octanol–water partition coefficient (Wildman–Crippen LogP) is 5.62. The Morgan fingerprint density at radius 2 is 1.68 bits per heavy atom. The smallest absolute Gasteiger partial charge is 0.393 e. The predicted molar refractivity (Wildman–Crippen MR) is 93.3 cm³/mol. The van der Waals surface area contributed by atoms with E-state index in [-0.39, 0.29) is 36.4 Å². The summed E-state index contributed by atoms with van der Waals surface area (Å²) in [4.78, 5) is 0. The molecule has 2 nitrogen and oxygen atoms in total. The molecule has 8 heteroatoms. The maximum Gasteiger partial charge on any atom is 0.429 e. The van der Waals surface area contributed by atoms with Crippen molar-refractivity contribution in [3.8, 4) is 0 Å². The standard InChI is InChI=1S/C20H26F6O2/c1-17-12-7-9-16(27)15(17)11-10-14(17)8-5-3-2-4-6-13-18(28,19(21,22)23)20(24,25)26/h3,5-6,10,13,15-16,27-28H,2,4,7-9,11-12H2,1H3/b5-3-,13-6+/t15-,16-,17+/m0/s1. The Morgan fingerprint density at radius 1 is 1.07 bits per heavy atom. The molecule has 0 bridgehead atoms. The molecule has 1 saturated carbocycles. The molecule has 2 aliphatic rings. The van der Waals surface area contributed by atoms with Gasteiger partial charge < -0.3 is 10.2 Å². The minimum Gasteiger partial charge on any atom is -0.393 e. The second kappa shape index (κ2) is 8.22. The number of hydrogen-bond donors (Lipinski definition) is 2. The Hall–Kier alpha value is -1.28. The minimum absolute atomic E-state index is 0.0438. The summed E-state index contributed by atoms with van der Waals surface area (Å²) in [5, 5.41) is 19.2. The molecule has 1 fully saturated rings. The van der Waals surface area contributed by atoms with Gasteiger partial charge in [-0.2, -0.15) is 26.3 Å². The van der Waals surface area contributed by atoms with E-state index in [4.69, 9.17) is 5.11 Å². The Labute approximate surface area is 160 Å². The van der Waals surface area contributed by atoms with E-state index in [1.165, 1.54) is 5.57 Å². The van der Waals surface area contributed by atoms with Crippen LogP contribution in [-0.4, -0.2) is 34.3 Å². The van der Waals surface area contributed by atoms with Gasteiger partial charge in [-0.1, -0.05) is 36.8 Å². The van der Waals surface area contributed by atoms with E-state index in [0.717, 1.165) is 25.7 Å². The van der Waals surface area contributed by atoms with Gasteiger partial charge in [0.15, 0.2) is 0 Å². The SMILES string of the molecule is C[C@]12CCC[C@H](O)[C@@H]1CC=C2C/C=C\CC/C=C/C(O)(C(F)(F)F)C(F)(F)F. The van der Waals surface area contributed by atoms with Crippen LogP contribution in [-0.2, 0) is 0 Å². The van der Waals surface area contributed by atoms with Gasteiger partial charge >= 0.3 is 12.4 Å². The minimum atomic E-state index is -5.83. The van der Waals surface area contributed by atoms with Crippen LogP contribution < -0.4 is 0 Å². The van der Waals surface area contributed by atoms with E-state index >= 15 is 0 Å². The van der Waals surface area contributed by atoms with E-state index in [1.54, 1.807) is 6.08 Å². The van der Waals surface area contributed by atoms with E-state index in [2.05, 4.69) is 13.0 Å². The van der Waals surface area contributed by atoms with E-state index < -0.39 is 18.0 Å². The molecule has 3 atom stereocenters. The maximum absolute atomic E-state index is 12.5. The number of hydrogen-bond acceptors (Lipinski definition) is 2. The van der Waals surface area contributed by atoms with Crippen molar-refractivity contribution in [3.05, 3.63) is 36.0 Å². The quantitative estimate of drug-likeness (QED) is 0.338. The number of unbranched alkanes of at least 4 members (excludes halogenated alkanes) is 1. The van der Waals surface area contributed by atoms with Crippen LogP contribution in [0.2, 0.25) is 0 Å². The third-order valence-corrected chi connectivity index (χ3v) is 6.06. The van der Waals surface area contributed by atoms with Gasteiger partial charge in [0.25, 0.3) is 5.60 Å². The lowest BCUT2D eigenvalue weighted by atomic mass is 9.65. The average molecular weight is 412 g/mol. The number of allylic oxidation sites excluding steroid dienone is 5. The summed E-state index contributed by atoms with van der Waals surface area (Å²) < 4.78 is 75.3. The van der Waals surface area contributed by atoms with Crippen molar-refractivity contribution >= 4 is 0 Å². The molecule has 2 rings (SSSR count). The first kappa shape index (κ1) is 23.0. The van der Waals surface area contributed by atoms with Gasteiger partial charge in [-0.15, -0.1) is 0 Å². The van der Waals surface area contributed by atoms with Crippen LogP contribution in [0.1, 0.15) is 51.9 Å². The van der Waals surface area contributed by atoms with Crippen LogP contribution in [0.4, 0.5) is 26.3 Å². The van der Waals surface area contributed by atoms with Gasteiger partial charge in [-0.05, 0) is 62.4 Å². The second-order valence-corrected chi connectivity index (χ2v) is 7.87. The first-order chi connectivity index (χ1) is 12.8. The van der Waals surface area contributed by atoms with Crippen LogP contribution in [0.15, 0.2) is 36.0 Å². The first-order valence-corrected chi connectivity index (χ1v) is 9.39. The average Bonchev–Trinajstić information content (AvgIpc) is 2.89. The van der Waals surface area contributed by atoms with Gasteiger partial charge in [-0.3, -0.25) is 0 Å². The van der Waals surface area contributed by atoms with Crippen LogP contribution in [0, 0.1) is 11.3 Å². The normalized spacial score (nSPS) is 29.5. The highest BCUT2D eigenvalue weighted by Crippen LogP contribution is 2.53. The van der Waals surface area contributed by atoms with Crippen molar-refractivity contribution in [1.82, 2.24) is 0 Å². The molecular weight excluding hydrogens is 386 g/mol. The Balaban J connectivity index is 1.86. The van der Waals surface area contributed by atoms with Crippen molar-refractivity contribution in [2.45, 2.75) is 75.9 Å². The summed E-state index contributed by atoms with van der Waals surface area (Å²) in [6, 6.07) is 0. The van der Waals surface area contributed by atoms with Crippen molar-refractivity contribution < 1.29 is 36.6 Å². The second-order valence-electron chi connectivity index (χ2n) is 7.87. The molecule has 0 aromatic carbocycles. The highest BCUT2D eigenvalue weighted by atomic mass is 19.4. The zero-order valence-corrected chi connectivity index (χ0v) is 15.7. The summed E-state index contributed by atoms with van der Waals surface area (Å²) in [6.45, 7) is 2.14. The van der Waals surface area contributed by atoms with Crippen LogP contribution in [0.25, 0.3) is 0 Å². The highest BCUT2D eigenvalue weighted by Gasteiger charge is 2.68. The summed E-state index contributed by atoms with van der Waals surface area (Å²) in [5.74, 6) is 0.218. The first-order valence-electron chi connectivity index (χ1n) is 9.39. The lowest BCUT2D eigenvalue weighted by Crippen LogP contribution is -2.55. The summed E-state index contributed by atoms with van der Waals surface area (Å²) in [7, 11) is 0. The summed E-state index contributed by atoms with van der Waals surface area (Å²) in [5.41, 5.74) is -3.65. The monoisotopic (exact) mass is 412 g/mol. The zero-order valence-electron chi connectivity index (χ0n) is 15.7. The number of aliphatic hydroxyl groups is 2. The maximum atomic E-state index is 12.5. The molecule has 0 heterocycles. The third kappa shape index (κ3) is 4.48. The van der Waals surface area contributed by atoms with Gasteiger partial charge in [0.1, 0.15) is 0 Å². The lowest BCUT2D eigenvalue weighted by molar-refractivity contribution is -0.347. The van der Waals surface area contributed by atoms with Crippen molar-refractivity contribution in [1.29, 1.82) is 0 Å². The molecule has 0 unspecified atom stereocenters. The fourth-order valence-electron chi connectivity index (χ4n) is 4.25. The molecular formula is C20H26F6O2. The molecule has 0 amide bonds. The molecule has 0 aliphatic heterocycles. The van der Waals surface area contributed by atoms with Gasteiger partial charge in [-0.25, -0.2) is 0 Å². The van der Waals surface area contributed by atoms with E-state index in [0.29, 0.717) is 12.5 Å². The molecule has 160 valence electrons. The number of alkyl halides is 6. The van der Waals surface area contributed by atoms with Gasteiger partial charge in [0, 0.05) is 0 Å². The number of halogens is 6. The van der Waals surface area contributed by atoms with Crippen LogP contribution in [0.3, 0.4) is 0 Å². The zero-order chi connectivity index (χ0) is 21.2. The summed E-state index contributed by atoms with van der Waals surface area (Å²) in [6.07, 6.45) is -1.32. The number of fused-ring (bicyclic) bond motifs is 1. The van der Waals surface area contributed by atoms with Crippen molar-refractivity contribution in [2.75, 3.05) is 0 Å². The topological polar surface area (TPSA) is 40.5 Å². The molecule has 0 aromatic rings. The number of aliphatic hydroxyl groups excluding tert-OH is 1. The van der Waals surface area contributed by atoms with Gasteiger partial charge in [0.05, 0.1) is 6.10 Å². The molecule has 0 spiro atoms. The van der Waals surface area contributed by atoms with E-state index in [1.807, 2.05) is 6.08 Å². The van der Waals surface area contributed by atoms with Crippen LogP contribution in [0.5, 0.6) is 0 Å².